The molecule has 0 unspecified atom stereocenters. The Hall–Kier alpha value is -1.33. The first kappa shape index (κ1) is 9.23. The zero-order valence-corrected chi connectivity index (χ0v) is 8.16. The molecule has 2 heteroatoms. The van der Waals surface area contributed by atoms with Gasteiger partial charge in [0, 0.05) is 6.04 Å². The van der Waals surface area contributed by atoms with E-state index in [1.807, 2.05) is 6.07 Å². The van der Waals surface area contributed by atoms with E-state index in [2.05, 4.69) is 29.6 Å². The van der Waals surface area contributed by atoms with Crippen LogP contribution in [0.2, 0.25) is 0 Å². The van der Waals surface area contributed by atoms with E-state index in [-0.39, 0.29) is 0 Å². The van der Waals surface area contributed by atoms with Crippen LogP contribution in [0.3, 0.4) is 0 Å². The third-order valence-corrected chi connectivity index (χ3v) is 2.76. The lowest BCUT2D eigenvalue weighted by atomic mass is 9.97. The summed E-state index contributed by atoms with van der Waals surface area (Å²) in [5, 5.41) is 12.2. The Morgan fingerprint density at radius 2 is 2.29 bits per heavy atom. The molecular formula is C12H14N2. The smallest absolute Gasteiger partial charge is 0.0669 e. The second-order valence-corrected chi connectivity index (χ2v) is 3.68. The molecule has 2 rings (SSSR count). The van der Waals surface area contributed by atoms with E-state index >= 15 is 0 Å². The van der Waals surface area contributed by atoms with Crippen molar-refractivity contribution in [3.05, 3.63) is 35.4 Å². The Morgan fingerprint density at radius 3 is 3.00 bits per heavy atom. The van der Waals surface area contributed by atoms with Crippen molar-refractivity contribution in [2.75, 3.05) is 6.54 Å². The van der Waals surface area contributed by atoms with Gasteiger partial charge in [-0.1, -0.05) is 24.3 Å². The molecule has 1 saturated heterocycles. The maximum absolute atomic E-state index is 8.72. The number of rotatable bonds is 2. The van der Waals surface area contributed by atoms with Crippen molar-refractivity contribution in [2.45, 2.75) is 25.3 Å². The van der Waals surface area contributed by atoms with Crippen LogP contribution in [0, 0.1) is 11.3 Å². The molecular weight excluding hydrogens is 172 g/mol. The molecule has 0 bridgehead atoms. The van der Waals surface area contributed by atoms with Crippen molar-refractivity contribution < 1.29 is 0 Å². The van der Waals surface area contributed by atoms with Gasteiger partial charge in [0.1, 0.15) is 0 Å². The minimum atomic E-state index is 0.472. The number of nitrogens with zero attached hydrogens (tertiary/aromatic N) is 1. The van der Waals surface area contributed by atoms with Gasteiger partial charge in [0.2, 0.25) is 0 Å². The van der Waals surface area contributed by atoms with E-state index in [1.165, 1.54) is 24.0 Å². The molecule has 1 aromatic rings. The lowest BCUT2D eigenvalue weighted by Crippen LogP contribution is -2.14. The first-order chi connectivity index (χ1) is 6.92. The van der Waals surface area contributed by atoms with E-state index < -0.39 is 0 Å². The molecule has 1 atom stereocenters. The fourth-order valence-electron chi connectivity index (χ4n) is 2.07. The van der Waals surface area contributed by atoms with Gasteiger partial charge in [-0.3, -0.25) is 0 Å². The number of hydrogen-bond donors (Lipinski definition) is 1. The molecule has 0 radical (unpaired) electrons. The summed E-state index contributed by atoms with van der Waals surface area (Å²) in [4.78, 5) is 0. The quantitative estimate of drug-likeness (QED) is 0.768. The molecule has 1 aromatic carbocycles. The van der Waals surface area contributed by atoms with E-state index in [1.54, 1.807) is 0 Å². The van der Waals surface area contributed by atoms with Crippen molar-refractivity contribution in [3.63, 3.8) is 0 Å². The van der Waals surface area contributed by atoms with Gasteiger partial charge in [-0.2, -0.15) is 5.26 Å². The molecule has 0 saturated carbocycles. The molecule has 0 aromatic heterocycles. The van der Waals surface area contributed by atoms with Crippen LogP contribution < -0.4 is 5.32 Å². The van der Waals surface area contributed by atoms with Crippen molar-refractivity contribution in [2.24, 2.45) is 0 Å². The molecule has 72 valence electrons. The molecule has 1 aliphatic rings. The maximum Gasteiger partial charge on any atom is 0.0669 e. The number of nitrogens with one attached hydrogen (secondary N) is 1. The first-order valence-electron chi connectivity index (χ1n) is 5.10. The van der Waals surface area contributed by atoms with Gasteiger partial charge in [0.15, 0.2) is 0 Å². The summed E-state index contributed by atoms with van der Waals surface area (Å²) in [5.41, 5.74) is 2.49. The zero-order valence-electron chi connectivity index (χ0n) is 8.16. The maximum atomic E-state index is 8.72. The van der Waals surface area contributed by atoms with E-state index in [4.69, 9.17) is 5.26 Å². The van der Waals surface area contributed by atoms with Gasteiger partial charge < -0.3 is 5.32 Å². The van der Waals surface area contributed by atoms with Crippen LogP contribution in [0.5, 0.6) is 0 Å². The van der Waals surface area contributed by atoms with Crippen LogP contribution in [0.4, 0.5) is 0 Å². The summed E-state index contributed by atoms with van der Waals surface area (Å²) in [6.07, 6.45) is 2.96. The molecule has 2 nitrogen and oxygen atoms in total. The molecule has 0 amide bonds. The van der Waals surface area contributed by atoms with Gasteiger partial charge in [0.25, 0.3) is 0 Å². The third kappa shape index (κ3) is 1.78. The normalized spacial score (nSPS) is 20.6. The monoisotopic (exact) mass is 186 g/mol. The van der Waals surface area contributed by atoms with Gasteiger partial charge in [0.05, 0.1) is 12.5 Å². The number of hydrogen-bond acceptors (Lipinski definition) is 2. The number of nitriles is 1. The van der Waals surface area contributed by atoms with Crippen molar-refractivity contribution >= 4 is 0 Å². The second-order valence-electron chi connectivity index (χ2n) is 3.68. The highest BCUT2D eigenvalue weighted by molar-refractivity contribution is 5.32. The predicted molar refractivity (Wildman–Crippen MR) is 55.7 cm³/mol. The van der Waals surface area contributed by atoms with Crippen LogP contribution >= 0.6 is 0 Å². The van der Waals surface area contributed by atoms with Gasteiger partial charge in [-0.25, -0.2) is 0 Å². The van der Waals surface area contributed by atoms with Crippen LogP contribution in [0.1, 0.15) is 30.0 Å². The Bertz CT molecular complexity index is 346. The van der Waals surface area contributed by atoms with Crippen molar-refractivity contribution in [1.29, 1.82) is 5.26 Å². The Kier molecular flexibility index (Phi) is 2.81. The van der Waals surface area contributed by atoms with Gasteiger partial charge in [-0.05, 0) is 30.5 Å². The molecule has 0 spiro atoms. The van der Waals surface area contributed by atoms with Crippen LogP contribution in [-0.2, 0) is 6.42 Å². The minimum Gasteiger partial charge on any atom is -0.310 e. The van der Waals surface area contributed by atoms with Gasteiger partial charge >= 0.3 is 0 Å². The highest BCUT2D eigenvalue weighted by atomic mass is 14.9. The topological polar surface area (TPSA) is 35.8 Å². The highest BCUT2D eigenvalue weighted by Gasteiger charge is 2.18. The molecule has 1 N–H and O–H groups in total. The lowest BCUT2D eigenvalue weighted by Gasteiger charge is -2.13. The third-order valence-electron chi connectivity index (χ3n) is 2.76. The summed E-state index contributed by atoms with van der Waals surface area (Å²) < 4.78 is 0. The standard InChI is InChI=1S/C12H14N2/c13-8-7-10-4-1-2-5-11(10)12-6-3-9-14-12/h1-2,4-5,12,14H,3,6-7,9H2/t12-/m1/s1. The largest absolute Gasteiger partial charge is 0.310 e. The molecule has 0 aliphatic carbocycles. The molecule has 14 heavy (non-hydrogen) atoms. The van der Waals surface area contributed by atoms with E-state index in [9.17, 15) is 0 Å². The average Bonchev–Trinajstić information content (AvgIpc) is 2.72. The second kappa shape index (κ2) is 4.26. The first-order valence-corrected chi connectivity index (χ1v) is 5.10. The van der Waals surface area contributed by atoms with Crippen LogP contribution in [0.15, 0.2) is 24.3 Å². The summed E-state index contributed by atoms with van der Waals surface area (Å²) in [5.74, 6) is 0. The number of benzene rings is 1. The fourth-order valence-corrected chi connectivity index (χ4v) is 2.07. The molecule has 1 heterocycles. The predicted octanol–water partition coefficient (Wildman–Crippen LogP) is 2.18. The van der Waals surface area contributed by atoms with E-state index in [0.29, 0.717) is 12.5 Å². The molecule has 1 fully saturated rings. The van der Waals surface area contributed by atoms with Crippen LogP contribution in [-0.4, -0.2) is 6.54 Å². The Labute approximate surface area is 84.6 Å². The molecule has 1 aliphatic heterocycles. The summed E-state index contributed by atoms with van der Waals surface area (Å²) in [7, 11) is 0. The highest BCUT2D eigenvalue weighted by Crippen LogP contribution is 2.25. The van der Waals surface area contributed by atoms with E-state index in [0.717, 1.165) is 6.54 Å². The Morgan fingerprint density at radius 1 is 1.43 bits per heavy atom. The van der Waals surface area contributed by atoms with Crippen LogP contribution in [0.25, 0.3) is 0 Å². The fraction of sp³-hybridized carbons (Fsp3) is 0.417. The van der Waals surface area contributed by atoms with Crippen molar-refractivity contribution in [1.82, 2.24) is 5.32 Å². The van der Waals surface area contributed by atoms with Gasteiger partial charge in [-0.15, -0.1) is 0 Å². The summed E-state index contributed by atoms with van der Waals surface area (Å²) in [6.45, 7) is 1.10. The summed E-state index contributed by atoms with van der Waals surface area (Å²) >= 11 is 0. The average molecular weight is 186 g/mol. The zero-order chi connectivity index (χ0) is 9.80. The minimum absolute atomic E-state index is 0.472. The summed E-state index contributed by atoms with van der Waals surface area (Å²) in [6, 6.07) is 10.9. The lowest BCUT2D eigenvalue weighted by molar-refractivity contribution is 0.642. The SMILES string of the molecule is N#CCc1ccccc1[C@H]1CCCN1. The Balaban J connectivity index is 2.26. The van der Waals surface area contributed by atoms with Crippen molar-refractivity contribution in [3.8, 4) is 6.07 Å².